The summed E-state index contributed by atoms with van der Waals surface area (Å²) < 4.78 is 2.66. The van der Waals surface area contributed by atoms with Gasteiger partial charge in [-0.1, -0.05) is 12.2 Å². The second-order valence-electron chi connectivity index (χ2n) is 3.37. The van der Waals surface area contributed by atoms with Crippen LogP contribution < -0.4 is 5.32 Å². The largest absolute Gasteiger partial charge is 0.349 e. The molecule has 0 aliphatic carbocycles. The fraction of sp³-hybridized carbons (Fsp3) is 0.200. The van der Waals surface area contributed by atoms with E-state index in [1.165, 1.54) is 0 Å². The molecule has 1 N–H and O–H groups in total. The molecule has 15 heavy (non-hydrogen) atoms. The fourth-order valence-corrected chi connectivity index (χ4v) is 1.60. The van der Waals surface area contributed by atoms with Gasteiger partial charge in [0.15, 0.2) is 5.65 Å². The number of hydrogen-bond acceptors (Lipinski definition) is 3. The highest BCUT2D eigenvalue weighted by Gasteiger charge is 2.04. The average Bonchev–Trinajstić information content (AvgIpc) is 2.59. The molecule has 0 unspecified atom stereocenters. The molecule has 78 valence electrons. The van der Waals surface area contributed by atoms with E-state index < -0.39 is 0 Å². The first-order chi connectivity index (χ1) is 7.16. The van der Waals surface area contributed by atoms with Crippen molar-refractivity contribution in [2.45, 2.75) is 6.92 Å². The minimum absolute atomic E-state index is 0.616. The Morgan fingerprint density at radius 1 is 1.67 bits per heavy atom. The summed E-state index contributed by atoms with van der Waals surface area (Å²) in [5, 5.41) is 7.37. The third-order valence-corrected chi connectivity index (χ3v) is 2.48. The summed E-state index contributed by atoms with van der Waals surface area (Å²) in [4.78, 5) is 4.34. The third kappa shape index (κ3) is 2.18. The average molecular weight is 267 g/mol. The molecule has 4 nitrogen and oxygen atoms in total. The Morgan fingerprint density at radius 2 is 2.47 bits per heavy atom. The maximum atomic E-state index is 4.34. The molecule has 2 aromatic rings. The number of nitrogens with one attached hydrogen (secondary N) is 1. The summed E-state index contributed by atoms with van der Waals surface area (Å²) in [5.41, 5.74) is 1.86. The lowest BCUT2D eigenvalue weighted by Gasteiger charge is -1.98. The van der Waals surface area contributed by atoms with E-state index in [1.54, 1.807) is 4.52 Å². The first-order valence-electron chi connectivity index (χ1n) is 4.56. The molecule has 0 bridgehead atoms. The second kappa shape index (κ2) is 4.02. The molecule has 5 heteroatoms. The fourth-order valence-electron chi connectivity index (χ4n) is 1.18. The molecule has 0 atom stereocenters. The maximum absolute atomic E-state index is 4.34. The van der Waals surface area contributed by atoms with Crippen molar-refractivity contribution in [1.82, 2.24) is 14.6 Å². The van der Waals surface area contributed by atoms with Gasteiger partial charge < -0.3 is 5.32 Å². The van der Waals surface area contributed by atoms with Crippen LogP contribution in [0, 0.1) is 0 Å². The number of fused-ring (bicyclic) bond motifs is 1. The van der Waals surface area contributed by atoms with Gasteiger partial charge in [-0.2, -0.15) is 4.98 Å². The van der Waals surface area contributed by atoms with E-state index in [4.69, 9.17) is 0 Å². The molecular formula is C10H11BrN4. The Morgan fingerprint density at radius 3 is 3.13 bits per heavy atom. The molecule has 0 amide bonds. The van der Waals surface area contributed by atoms with Gasteiger partial charge in [0.1, 0.15) is 0 Å². The topological polar surface area (TPSA) is 42.2 Å². The number of anilines is 1. The zero-order valence-corrected chi connectivity index (χ0v) is 9.95. The molecule has 0 saturated heterocycles. The van der Waals surface area contributed by atoms with Crippen molar-refractivity contribution in [3.8, 4) is 0 Å². The van der Waals surface area contributed by atoms with Crippen LogP contribution in [0.3, 0.4) is 0 Å². The van der Waals surface area contributed by atoms with Crippen LogP contribution in [0.4, 0.5) is 5.95 Å². The van der Waals surface area contributed by atoms with Crippen LogP contribution in [0.25, 0.3) is 5.65 Å². The highest BCUT2D eigenvalue weighted by Crippen LogP contribution is 2.16. The lowest BCUT2D eigenvalue weighted by Crippen LogP contribution is -2.03. The van der Waals surface area contributed by atoms with Crippen molar-refractivity contribution in [1.29, 1.82) is 0 Å². The summed E-state index contributed by atoms with van der Waals surface area (Å²) in [7, 11) is 0. The van der Waals surface area contributed by atoms with E-state index >= 15 is 0 Å². The van der Waals surface area contributed by atoms with Crippen LogP contribution >= 0.6 is 15.9 Å². The van der Waals surface area contributed by atoms with Gasteiger partial charge in [-0.3, -0.25) is 0 Å². The number of aromatic nitrogens is 3. The van der Waals surface area contributed by atoms with Gasteiger partial charge in [-0.25, -0.2) is 4.52 Å². The highest BCUT2D eigenvalue weighted by molar-refractivity contribution is 9.10. The normalized spacial score (nSPS) is 10.5. The molecule has 0 fully saturated rings. The summed E-state index contributed by atoms with van der Waals surface area (Å²) in [6, 6.07) is 3.85. The highest BCUT2D eigenvalue weighted by atomic mass is 79.9. The quantitative estimate of drug-likeness (QED) is 0.869. The zero-order chi connectivity index (χ0) is 10.8. The van der Waals surface area contributed by atoms with E-state index in [2.05, 4.69) is 37.9 Å². The minimum atomic E-state index is 0.616. The van der Waals surface area contributed by atoms with Crippen LogP contribution in [-0.2, 0) is 0 Å². The Bertz CT molecular complexity index is 503. The van der Waals surface area contributed by atoms with Gasteiger partial charge in [0.25, 0.3) is 0 Å². The molecular weight excluding hydrogens is 256 g/mol. The standard InChI is InChI=1S/C10H11BrN4/c1-7(2)6-12-10-13-9-8(11)4-3-5-15(9)14-10/h3-5H,1,6H2,2H3,(H,12,14). The van der Waals surface area contributed by atoms with E-state index in [-0.39, 0.29) is 0 Å². The minimum Gasteiger partial charge on any atom is -0.349 e. The summed E-state index contributed by atoms with van der Waals surface area (Å²) >= 11 is 3.42. The van der Waals surface area contributed by atoms with Crippen LogP contribution in [0.5, 0.6) is 0 Å². The van der Waals surface area contributed by atoms with Gasteiger partial charge in [0, 0.05) is 12.7 Å². The first-order valence-corrected chi connectivity index (χ1v) is 5.35. The summed E-state index contributed by atoms with van der Waals surface area (Å²) in [6.45, 7) is 6.45. The van der Waals surface area contributed by atoms with Crippen LogP contribution in [-0.4, -0.2) is 21.1 Å². The van der Waals surface area contributed by atoms with Crippen molar-refractivity contribution in [2.24, 2.45) is 0 Å². The summed E-state index contributed by atoms with van der Waals surface area (Å²) in [5.74, 6) is 0.616. The van der Waals surface area contributed by atoms with E-state index in [1.807, 2.05) is 25.3 Å². The van der Waals surface area contributed by atoms with Crippen molar-refractivity contribution in [3.63, 3.8) is 0 Å². The molecule has 0 saturated carbocycles. The SMILES string of the molecule is C=C(C)CNc1nc2c(Br)cccn2n1. The lowest BCUT2D eigenvalue weighted by molar-refractivity contribution is 0.954. The van der Waals surface area contributed by atoms with Gasteiger partial charge >= 0.3 is 0 Å². The van der Waals surface area contributed by atoms with Crippen molar-refractivity contribution in [3.05, 3.63) is 35.0 Å². The zero-order valence-electron chi connectivity index (χ0n) is 8.37. The Labute approximate surface area is 96.1 Å². The lowest BCUT2D eigenvalue weighted by atomic mass is 10.3. The number of halogens is 1. The van der Waals surface area contributed by atoms with Gasteiger partial charge in [0.2, 0.25) is 5.95 Å². The van der Waals surface area contributed by atoms with Crippen molar-refractivity contribution >= 4 is 27.5 Å². The van der Waals surface area contributed by atoms with Crippen LogP contribution in [0.2, 0.25) is 0 Å². The van der Waals surface area contributed by atoms with E-state index in [0.717, 1.165) is 15.7 Å². The number of nitrogens with zero attached hydrogens (tertiary/aromatic N) is 3. The number of pyridine rings is 1. The first kappa shape index (κ1) is 10.2. The van der Waals surface area contributed by atoms with E-state index in [9.17, 15) is 0 Å². The molecule has 0 aromatic carbocycles. The van der Waals surface area contributed by atoms with Crippen LogP contribution in [0.15, 0.2) is 35.0 Å². The smallest absolute Gasteiger partial charge is 0.243 e. The molecule has 2 rings (SSSR count). The predicted molar refractivity (Wildman–Crippen MR) is 64.0 cm³/mol. The Balaban J connectivity index is 2.31. The number of rotatable bonds is 3. The molecule has 2 heterocycles. The number of hydrogen-bond donors (Lipinski definition) is 1. The van der Waals surface area contributed by atoms with Gasteiger partial charge in [-0.15, -0.1) is 5.10 Å². The van der Waals surface area contributed by atoms with E-state index in [0.29, 0.717) is 12.5 Å². The molecule has 0 aliphatic heterocycles. The van der Waals surface area contributed by atoms with Crippen LogP contribution in [0.1, 0.15) is 6.92 Å². The monoisotopic (exact) mass is 266 g/mol. The van der Waals surface area contributed by atoms with Gasteiger partial charge in [0.05, 0.1) is 4.47 Å². The Kier molecular flexibility index (Phi) is 2.73. The maximum Gasteiger partial charge on any atom is 0.243 e. The molecule has 2 aromatic heterocycles. The molecule has 0 spiro atoms. The van der Waals surface area contributed by atoms with Crippen molar-refractivity contribution < 1.29 is 0 Å². The summed E-state index contributed by atoms with van der Waals surface area (Å²) in [6.07, 6.45) is 1.86. The molecule has 0 aliphatic rings. The predicted octanol–water partition coefficient (Wildman–Crippen LogP) is 2.48. The Hall–Kier alpha value is -1.36. The molecule has 0 radical (unpaired) electrons. The second-order valence-corrected chi connectivity index (χ2v) is 4.22. The third-order valence-electron chi connectivity index (χ3n) is 1.86. The van der Waals surface area contributed by atoms with Gasteiger partial charge in [-0.05, 0) is 35.0 Å². The van der Waals surface area contributed by atoms with Crippen molar-refractivity contribution in [2.75, 3.05) is 11.9 Å².